The lowest BCUT2D eigenvalue weighted by Crippen LogP contribution is -2.38. The fourth-order valence-electron chi connectivity index (χ4n) is 2.93. The highest BCUT2D eigenvalue weighted by Crippen LogP contribution is 2.32. The van der Waals surface area contributed by atoms with Gasteiger partial charge in [0, 0.05) is 18.2 Å². The maximum absolute atomic E-state index is 11.8. The predicted molar refractivity (Wildman–Crippen MR) is 80.9 cm³/mol. The molecule has 1 aliphatic rings. The van der Waals surface area contributed by atoms with Crippen LogP contribution >= 0.6 is 0 Å². The SMILES string of the molecule is NC(=O)N1CC(c2ccccc2)CCc2ccccc21. The second kappa shape index (κ2) is 5.37. The van der Waals surface area contributed by atoms with Gasteiger partial charge in [0.1, 0.15) is 0 Å². The van der Waals surface area contributed by atoms with Gasteiger partial charge in [-0.05, 0) is 30.0 Å². The average molecular weight is 266 g/mol. The molecule has 2 N–H and O–H groups in total. The highest BCUT2D eigenvalue weighted by molar-refractivity contribution is 5.91. The second-order valence-corrected chi connectivity index (χ2v) is 5.22. The lowest BCUT2D eigenvalue weighted by molar-refractivity contribution is 0.253. The van der Waals surface area contributed by atoms with Crippen LogP contribution in [-0.4, -0.2) is 12.6 Å². The lowest BCUT2D eigenvalue weighted by Gasteiger charge is -2.24. The Labute approximate surface area is 119 Å². The summed E-state index contributed by atoms with van der Waals surface area (Å²) in [6.07, 6.45) is 2.00. The highest BCUT2D eigenvalue weighted by Gasteiger charge is 2.25. The highest BCUT2D eigenvalue weighted by atomic mass is 16.2. The molecule has 0 radical (unpaired) electrons. The first-order chi connectivity index (χ1) is 9.75. The number of hydrogen-bond acceptors (Lipinski definition) is 1. The molecule has 0 fully saturated rings. The van der Waals surface area contributed by atoms with Crippen LogP contribution in [0.25, 0.3) is 0 Å². The number of anilines is 1. The van der Waals surface area contributed by atoms with Gasteiger partial charge in [0.2, 0.25) is 0 Å². The number of urea groups is 1. The Morgan fingerprint density at radius 3 is 2.50 bits per heavy atom. The number of aryl methyl sites for hydroxylation is 1. The molecule has 0 spiro atoms. The van der Waals surface area contributed by atoms with Crippen molar-refractivity contribution in [3.8, 4) is 0 Å². The van der Waals surface area contributed by atoms with Crippen LogP contribution in [0.2, 0.25) is 0 Å². The van der Waals surface area contributed by atoms with Crippen LogP contribution in [0.1, 0.15) is 23.5 Å². The monoisotopic (exact) mass is 266 g/mol. The van der Waals surface area contributed by atoms with Crippen molar-refractivity contribution in [2.24, 2.45) is 5.73 Å². The summed E-state index contributed by atoms with van der Waals surface area (Å²) >= 11 is 0. The number of para-hydroxylation sites is 1. The Morgan fingerprint density at radius 2 is 1.75 bits per heavy atom. The molecule has 3 nitrogen and oxygen atoms in total. The van der Waals surface area contributed by atoms with E-state index in [1.807, 2.05) is 36.4 Å². The van der Waals surface area contributed by atoms with Crippen LogP contribution in [0.5, 0.6) is 0 Å². The van der Waals surface area contributed by atoms with Crippen LogP contribution in [0.15, 0.2) is 54.6 Å². The molecule has 2 amide bonds. The fourth-order valence-corrected chi connectivity index (χ4v) is 2.93. The van der Waals surface area contributed by atoms with Crippen LogP contribution in [-0.2, 0) is 6.42 Å². The van der Waals surface area contributed by atoms with E-state index in [0.717, 1.165) is 18.5 Å². The molecular weight excluding hydrogens is 248 g/mol. The summed E-state index contributed by atoms with van der Waals surface area (Å²) in [6, 6.07) is 18.0. The van der Waals surface area contributed by atoms with E-state index in [9.17, 15) is 4.79 Å². The number of fused-ring (bicyclic) bond motifs is 1. The number of rotatable bonds is 1. The van der Waals surface area contributed by atoms with Crippen molar-refractivity contribution in [3.05, 3.63) is 65.7 Å². The molecule has 0 saturated heterocycles. The second-order valence-electron chi connectivity index (χ2n) is 5.22. The van der Waals surface area contributed by atoms with Gasteiger partial charge in [0.15, 0.2) is 0 Å². The number of hydrogen-bond donors (Lipinski definition) is 1. The molecule has 102 valence electrons. The number of benzene rings is 2. The Morgan fingerprint density at radius 1 is 1.05 bits per heavy atom. The van der Waals surface area contributed by atoms with Crippen LogP contribution in [0.4, 0.5) is 10.5 Å². The summed E-state index contributed by atoms with van der Waals surface area (Å²) in [7, 11) is 0. The zero-order valence-corrected chi connectivity index (χ0v) is 11.3. The lowest BCUT2D eigenvalue weighted by atomic mass is 9.93. The van der Waals surface area contributed by atoms with Gasteiger partial charge in [-0.15, -0.1) is 0 Å². The number of nitrogens with zero attached hydrogens (tertiary/aromatic N) is 1. The normalized spacial score (nSPS) is 18.2. The zero-order chi connectivity index (χ0) is 13.9. The molecule has 3 rings (SSSR count). The van der Waals surface area contributed by atoms with Crippen molar-refractivity contribution in [1.82, 2.24) is 0 Å². The van der Waals surface area contributed by atoms with Gasteiger partial charge in [0.25, 0.3) is 0 Å². The number of carbonyl (C=O) groups excluding carboxylic acids is 1. The summed E-state index contributed by atoms with van der Waals surface area (Å²) in [5.74, 6) is 0.330. The van der Waals surface area contributed by atoms with Gasteiger partial charge in [-0.2, -0.15) is 0 Å². The van der Waals surface area contributed by atoms with Crippen molar-refractivity contribution in [1.29, 1.82) is 0 Å². The van der Waals surface area contributed by atoms with Crippen molar-refractivity contribution in [2.75, 3.05) is 11.4 Å². The van der Waals surface area contributed by atoms with E-state index in [-0.39, 0.29) is 6.03 Å². The van der Waals surface area contributed by atoms with Gasteiger partial charge in [-0.25, -0.2) is 4.79 Å². The third kappa shape index (κ3) is 2.39. The molecule has 0 aliphatic carbocycles. The van der Waals surface area contributed by atoms with Crippen molar-refractivity contribution in [3.63, 3.8) is 0 Å². The van der Waals surface area contributed by atoms with Crippen molar-refractivity contribution in [2.45, 2.75) is 18.8 Å². The van der Waals surface area contributed by atoms with E-state index >= 15 is 0 Å². The van der Waals surface area contributed by atoms with E-state index in [1.165, 1.54) is 11.1 Å². The van der Waals surface area contributed by atoms with Gasteiger partial charge in [0.05, 0.1) is 0 Å². The third-order valence-corrected chi connectivity index (χ3v) is 3.98. The van der Waals surface area contributed by atoms with E-state index in [0.29, 0.717) is 12.5 Å². The van der Waals surface area contributed by atoms with Gasteiger partial charge in [-0.3, -0.25) is 4.90 Å². The molecule has 1 atom stereocenters. The van der Waals surface area contributed by atoms with Gasteiger partial charge < -0.3 is 5.73 Å². The maximum atomic E-state index is 11.8. The number of primary amides is 1. The molecule has 2 aromatic carbocycles. The topological polar surface area (TPSA) is 46.3 Å². The number of nitrogens with two attached hydrogens (primary N) is 1. The number of carbonyl (C=O) groups is 1. The predicted octanol–water partition coefficient (Wildman–Crippen LogP) is 3.30. The van der Waals surface area contributed by atoms with Gasteiger partial charge in [-0.1, -0.05) is 48.5 Å². The summed E-state index contributed by atoms with van der Waals surface area (Å²) in [4.78, 5) is 13.5. The van der Waals surface area contributed by atoms with Crippen LogP contribution in [0.3, 0.4) is 0 Å². The standard InChI is InChI=1S/C17H18N2O/c18-17(20)19-12-15(13-6-2-1-3-7-13)11-10-14-8-4-5-9-16(14)19/h1-9,15H,10-12H2,(H2,18,20). The third-order valence-electron chi connectivity index (χ3n) is 3.98. The van der Waals surface area contributed by atoms with E-state index in [4.69, 9.17) is 5.73 Å². The Balaban J connectivity index is 1.96. The molecule has 0 bridgehead atoms. The molecular formula is C17H18N2O. The summed E-state index contributed by atoms with van der Waals surface area (Å²) in [5.41, 5.74) is 9.00. The first-order valence-electron chi connectivity index (χ1n) is 6.95. The molecule has 0 aromatic heterocycles. The summed E-state index contributed by atoms with van der Waals surface area (Å²) in [5, 5.41) is 0. The minimum absolute atomic E-state index is 0.330. The van der Waals surface area contributed by atoms with Crippen LogP contribution < -0.4 is 10.6 Å². The minimum atomic E-state index is -0.375. The Kier molecular flexibility index (Phi) is 3.42. The maximum Gasteiger partial charge on any atom is 0.319 e. The average Bonchev–Trinajstić information content (AvgIpc) is 2.68. The zero-order valence-electron chi connectivity index (χ0n) is 11.3. The summed E-state index contributed by atoms with van der Waals surface area (Å²) < 4.78 is 0. The van der Waals surface area contributed by atoms with Crippen molar-refractivity contribution >= 4 is 11.7 Å². The Hall–Kier alpha value is -2.29. The first-order valence-corrected chi connectivity index (χ1v) is 6.95. The molecule has 20 heavy (non-hydrogen) atoms. The molecule has 3 heteroatoms. The van der Waals surface area contributed by atoms with E-state index in [2.05, 4.69) is 18.2 Å². The fraction of sp³-hybridized carbons (Fsp3) is 0.235. The summed E-state index contributed by atoms with van der Waals surface area (Å²) in [6.45, 7) is 0.649. The number of amides is 2. The largest absolute Gasteiger partial charge is 0.351 e. The van der Waals surface area contributed by atoms with Gasteiger partial charge >= 0.3 is 6.03 Å². The smallest absolute Gasteiger partial charge is 0.319 e. The van der Waals surface area contributed by atoms with E-state index < -0.39 is 0 Å². The minimum Gasteiger partial charge on any atom is -0.351 e. The van der Waals surface area contributed by atoms with Crippen molar-refractivity contribution < 1.29 is 4.79 Å². The molecule has 1 unspecified atom stereocenters. The van der Waals surface area contributed by atoms with Crippen LogP contribution in [0, 0.1) is 0 Å². The molecule has 1 aliphatic heterocycles. The molecule has 2 aromatic rings. The molecule has 1 heterocycles. The van der Waals surface area contributed by atoms with E-state index in [1.54, 1.807) is 4.90 Å². The Bertz CT molecular complexity index is 609. The first kappa shape index (κ1) is 12.7. The molecule has 0 saturated carbocycles. The quantitative estimate of drug-likeness (QED) is 0.845.